The molecule has 0 heterocycles. The molecule has 0 fully saturated rings. The van der Waals surface area contributed by atoms with Gasteiger partial charge in [-0.05, 0) is 36.2 Å². The molecule has 0 bridgehead atoms. The zero-order chi connectivity index (χ0) is 15.2. The van der Waals surface area contributed by atoms with Gasteiger partial charge in [-0.1, -0.05) is 18.2 Å². The fraction of sp³-hybridized carbons (Fsp3) is 0.0667. The largest absolute Gasteiger partial charge is 0.271 e. The number of amides is 1. The van der Waals surface area contributed by atoms with E-state index < -0.39 is 4.92 Å². The van der Waals surface area contributed by atoms with Crippen molar-refractivity contribution in [2.45, 2.75) is 6.92 Å². The van der Waals surface area contributed by atoms with Crippen LogP contribution in [-0.2, 0) is 0 Å². The summed E-state index contributed by atoms with van der Waals surface area (Å²) in [7, 11) is 0. The Morgan fingerprint density at radius 2 is 1.86 bits per heavy atom. The molecule has 0 spiro atoms. The van der Waals surface area contributed by atoms with Crippen LogP contribution in [0.1, 0.15) is 21.5 Å². The number of nitrogens with zero attached hydrogens (tertiary/aromatic N) is 2. The molecule has 0 aliphatic carbocycles. The van der Waals surface area contributed by atoms with Crippen LogP contribution in [0.15, 0.2) is 53.6 Å². The third kappa shape index (κ3) is 3.73. The quantitative estimate of drug-likeness (QED) is 0.532. The predicted molar refractivity (Wildman–Crippen MR) is 79.3 cm³/mol. The van der Waals surface area contributed by atoms with Crippen molar-refractivity contribution in [2.75, 3.05) is 0 Å². The summed E-state index contributed by atoms with van der Waals surface area (Å²) < 4.78 is 0. The Morgan fingerprint density at radius 1 is 1.19 bits per heavy atom. The minimum Gasteiger partial charge on any atom is -0.267 e. The molecule has 21 heavy (non-hydrogen) atoms. The van der Waals surface area contributed by atoms with Gasteiger partial charge in [-0.2, -0.15) is 5.10 Å². The van der Waals surface area contributed by atoms with Gasteiger partial charge >= 0.3 is 0 Å². The van der Waals surface area contributed by atoms with Crippen molar-refractivity contribution in [2.24, 2.45) is 5.10 Å². The number of carbonyl (C=O) groups is 1. The Hall–Kier alpha value is -3.02. The molecule has 6 nitrogen and oxygen atoms in total. The van der Waals surface area contributed by atoms with Gasteiger partial charge in [-0.15, -0.1) is 0 Å². The van der Waals surface area contributed by atoms with Gasteiger partial charge in [0.2, 0.25) is 0 Å². The number of benzene rings is 2. The Kier molecular flexibility index (Phi) is 4.40. The summed E-state index contributed by atoms with van der Waals surface area (Å²) in [5, 5.41) is 14.4. The third-order valence-electron chi connectivity index (χ3n) is 2.87. The summed E-state index contributed by atoms with van der Waals surface area (Å²) >= 11 is 0. The molecule has 106 valence electrons. The van der Waals surface area contributed by atoms with Crippen LogP contribution in [0.3, 0.4) is 0 Å². The van der Waals surface area contributed by atoms with E-state index in [1.165, 1.54) is 18.3 Å². The molecule has 0 radical (unpaired) electrons. The first-order valence-electron chi connectivity index (χ1n) is 6.21. The van der Waals surface area contributed by atoms with Gasteiger partial charge < -0.3 is 0 Å². The SMILES string of the molecule is Cc1ccccc1C(=O)NN=Cc1ccc([N+](=O)[O-])cc1. The van der Waals surface area contributed by atoms with Crippen LogP contribution in [0.25, 0.3) is 0 Å². The second-order valence-electron chi connectivity index (χ2n) is 4.36. The molecular formula is C15H13N3O3. The lowest BCUT2D eigenvalue weighted by Gasteiger charge is -2.02. The summed E-state index contributed by atoms with van der Waals surface area (Å²) in [6, 6.07) is 13.1. The monoisotopic (exact) mass is 283 g/mol. The first-order chi connectivity index (χ1) is 10.1. The molecule has 0 aliphatic heterocycles. The van der Waals surface area contributed by atoms with E-state index >= 15 is 0 Å². The highest BCUT2D eigenvalue weighted by molar-refractivity contribution is 5.96. The van der Waals surface area contributed by atoms with Crippen molar-refractivity contribution in [1.29, 1.82) is 0 Å². The summed E-state index contributed by atoms with van der Waals surface area (Å²) in [5.41, 5.74) is 4.51. The Balaban J connectivity index is 2.01. The lowest BCUT2D eigenvalue weighted by atomic mass is 10.1. The number of rotatable bonds is 4. The highest BCUT2D eigenvalue weighted by Gasteiger charge is 2.06. The number of aryl methyl sites for hydroxylation is 1. The maximum absolute atomic E-state index is 11.9. The topological polar surface area (TPSA) is 84.6 Å². The lowest BCUT2D eigenvalue weighted by Crippen LogP contribution is -2.18. The van der Waals surface area contributed by atoms with Crippen molar-refractivity contribution in [1.82, 2.24) is 5.43 Å². The highest BCUT2D eigenvalue weighted by Crippen LogP contribution is 2.10. The van der Waals surface area contributed by atoms with Crippen LogP contribution in [-0.4, -0.2) is 17.0 Å². The van der Waals surface area contributed by atoms with Crippen LogP contribution >= 0.6 is 0 Å². The first kappa shape index (κ1) is 14.4. The highest BCUT2D eigenvalue weighted by atomic mass is 16.6. The standard InChI is InChI=1S/C15H13N3O3/c1-11-4-2-3-5-14(11)15(19)17-16-10-12-6-8-13(9-7-12)18(20)21/h2-10H,1H3,(H,17,19). The summed E-state index contributed by atoms with van der Waals surface area (Å²) in [5.74, 6) is -0.300. The van der Waals surface area contributed by atoms with E-state index in [9.17, 15) is 14.9 Å². The molecule has 0 aliphatic rings. The second kappa shape index (κ2) is 6.42. The zero-order valence-electron chi connectivity index (χ0n) is 11.3. The van der Waals surface area contributed by atoms with E-state index in [1.807, 2.05) is 19.1 Å². The molecule has 2 aromatic rings. The first-order valence-corrected chi connectivity index (χ1v) is 6.21. The van der Waals surface area contributed by atoms with Gasteiger partial charge in [-0.3, -0.25) is 14.9 Å². The van der Waals surface area contributed by atoms with E-state index in [0.29, 0.717) is 11.1 Å². The van der Waals surface area contributed by atoms with Crippen molar-refractivity contribution < 1.29 is 9.72 Å². The average Bonchev–Trinajstić information content (AvgIpc) is 2.48. The molecule has 0 unspecified atom stereocenters. The van der Waals surface area contributed by atoms with Crippen molar-refractivity contribution in [3.05, 3.63) is 75.3 Å². The second-order valence-corrected chi connectivity index (χ2v) is 4.36. The lowest BCUT2D eigenvalue weighted by molar-refractivity contribution is -0.384. The van der Waals surface area contributed by atoms with E-state index in [4.69, 9.17) is 0 Å². The van der Waals surface area contributed by atoms with Crippen LogP contribution in [0, 0.1) is 17.0 Å². The molecule has 0 atom stereocenters. The Labute approximate surface area is 121 Å². The van der Waals surface area contributed by atoms with Crippen molar-refractivity contribution in [3.63, 3.8) is 0 Å². The number of carbonyl (C=O) groups excluding carboxylic acids is 1. The van der Waals surface area contributed by atoms with Crippen LogP contribution in [0.5, 0.6) is 0 Å². The van der Waals surface area contributed by atoms with Gasteiger partial charge in [0.05, 0.1) is 11.1 Å². The molecule has 1 N–H and O–H groups in total. The summed E-state index contributed by atoms with van der Waals surface area (Å²) in [4.78, 5) is 21.9. The normalized spacial score (nSPS) is 10.5. The molecule has 2 rings (SSSR count). The summed E-state index contributed by atoms with van der Waals surface area (Å²) in [6.07, 6.45) is 1.43. The molecule has 0 saturated heterocycles. The van der Waals surface area contributed by atoms with Crippen molar-refractivity contribution in [3.8, 4) is 0 Å². The fourth-order valence-electron chi connectivity index (χ4n) is 1.74. The minimum atomic E-state index is -0.471. The molecular weight excluding hydrogens is 270 g/mol. The van der Waals surface area contributed by atoms with Crippen LogP contribution in [0.4, 0.5) is 5.69 Å². The molecule has 6 heteroatoms. The number of nitrogens with one attached hydrogen (secondary N) is 1. The van der Waals surface area contributed by atoms with Crippen LogP contribution in [0.2, 0.25) is 0 Å². The Morgan fingerprint density at radius 3 is 2.48 bits per heavy atom. The van der Waals surface area contributed by atoms with E-state index in [-0.39, 0.29) is 11.6 Å². The molecule has 1 amide bonds. The van der Waals surface area contributed by atoms with Crippen LogP contribution < -0.4 is 5.43 Å². The maximum atomic E-state index is 11.9. The number of nitro groups is 1. The van der Waals surface area contributed by atoms with Gasteiger partial charge in [0.1, 0.15) is 0 Å². The Bertz CT molecular complexity index is 694. The number of non-ortho nitro benzene ring substituents is 1. The average molecular weight is 283 g/mol. The van der Waals surface area contributed by atoms with Gasteiger partial charge in [0.15, 0.2) is 0 Å². The molecule has 0 aromatic heterocycles. The predicted octanol–water partition coefficient (Wildman–Crippen LogP) is 2.67. The minimum absolute atomic E-state index is 0.0103. The van der Waals surface area contributed by atoms with E-state index in [2.05, 4.69) is 10.5 Å². The van der Waals surface area contributed by atoms with Gasteiger partial charge in [0.25, 0.3) is 11.6 Å². The van der Waals surface area contributed by atoms with Crippen molar-refractivity contribution >= 4 is 17.8 Å². The number of nitro benzene ring substituents is 1. The van der Waals surface area contributed by atoms with Gasteiger partial charge in [0, 0.05) is 17.7 Å². The summed E-state index contributed by atoms with van der Waals surface area (Å²) in [6.45, 7) is 1.84. The number of hydrogen-bond donors (Lipinski definition) is 1. The smallest absolute Gasteiger partial charge is 0.267 e. The van der Waals surface area contributed by atoms with E-state index in [0.717, 1.165) is 5.56 Å². The maximum Gasteiger partial charge on any atom is 0.271 e. The third-order valence-corrected chi connectivity index (χ3v) is 2.87. The number of hydrogen-bond acceptors (Lipinski definition) is 4. The van der Waals surface area contributed by atoms with Gasteiger partial charge in [-0.25, -0.2) is 5.43 Å². The zero-order valence-corrected chi connectivity index (χ0v) is 11.3. The fourth-order valence-corrected chi connectivity index (χ4v) is 1.74. The molecule has 2 aromatic carbocycles. The van der Waals surface area contributed by atoms with E-state index in [1.54, 1.807) is 24.3 Å². The number of hydrazone groups is 1. The molecule has 0 saturated carbocycles.